The van der Waals surface area contributed by atoms with Gasteiger partial charge in [-0.1, -0.05) is 123 Å². The maximum Gasteiger partial charge on any atom is 0.414 e. The fraction of sp³-hybridized carbons (Fsp3) is 0.433. The maximum absolute atomic E-state index is 13.7. The van der Waals surface area contributed by atoms with E-state index in [0.717, 1.165) is 10.4 Å². The van der Waals surface area contributed by atoms with Crippen molar-refractivity contribution in [1.29, 1.82) is 0 Å². The van der Waals surface area contributed by atoms with Gasteiger partial charge in [0.05, 0.1) is 12.4 Å². The molecule has 3 aliphatic heterocycles. The standard InChI is InChI=1S/C30H36Cl3N5O4Si/c1-19-16-24(39)30-25(34-20(2)37-30)23(35-26(38(19)30)36-27(40)41-18-29(31,32)33)17-42-43(28(3,4)5,21-12-8-6-9-13-21)22-14-10-7-11-15-22/h6-15,19,23,25,34,37H,2,16-18H2,1,3-5H3,(H,35,36,40)/t19-,23-,25-,30?/m0/s1. The lowest BCUT2D eigenvalue weighted by molar-refractivity contribution is -0.126. The summed E-state index contributed by atoms with van der Waals surface area (Å²) in [6.45, 7) is 12.2. The molecule has 0 saturated carbocycles. The van der Waals surface area contributed by atoms with Crippen molar-refractivity contribution in [2.24, 2.45) is 4.99 Å². The van der Waals surface area contributed by atoms with E-state index in [9.17, 15) is 9.59 Å². The molecule has 230 valence electrons. The van der Waals surface area contributed by atoms with Crippen LogP contribution in [0.3, 0.4) is 0 Å². The fourth-order valence-corrected chi connectivity index (χ4v) is 11.3. The van der Waals surface area contributed by atoms with Crippen LogP contribution < -0.4 is 26.3 Å². The molecule has 0 bridgehead atoms. The monoisotopic (exact) mass is 663 g/mol. The quantitative estimate of drug-likeness (QED) is 0.319. The lowest BCUT2D eigenvalue weighted by atomic mass is 9.90. The zero-order chi connectivity index (χ0) is 31.2. The molecule has 4 atom stereocenters. The first-order valence-electron chi connectivity index (χ1n) is 14.1. The number of carbonyl (C=O) groups excluding carboxylic acids is 2. The predicted octanol–water partition coefficient (Wildman–Crippen LogP) is 3.79. The van der Waals surface area contributed by atoms with Crippen LogP contribution in [0, 0.1) is 0 Å². The van der Waals surface area contributed by atoms with Gasteiger partial charge in [-0.3, -0.25) is 10.1 Å². The van der Waals surface area contributed by atoms with E-state index in [1.807, 2.05) is 43.3 Å². The summed E-state index contributed by atoms with van der Waals surface area (Å²) in [7, 11) is -2.94. The number of aliphatic imine (C=N–C) groups is 1. The van der Waals surface area contributed by atoms with Crippen LogP contribution in [0.1, 0.15) is 34.1 Å². The summed E-state index contributed by atoms with van der Waals surface area (Å²) < 4.78 is 10.6. The molecule has 1 amide bonds. The summed E-state index contributed by atoms with van der Waals surface area (Å²) in [4.78, 5) is 33.3. The number of Topliss-reactive ketones (excluding diaryl/α,β-unsaturated/α-hetero) is 1. The van der Waals surface area contributed by atoms with Gasteiger partial charge in [0.1, 0.15) is 18.7 Å². The van der Waals surface area contributed by atoms with Crippen molar-refractivity contribution >= 4 is 71.3 Å². The molecule has 13 heteroatoms. The van der Waals surface area contributed by atoms with Crippen LogP contribution in [0.25, 0.3) is 0 Å². The second-order valence-electron chi connectivity index (χ2n) is 12.1. The van der Waals surface area contributed by atoms with Crippen molar-refractivity contribution in [2.45, 2.75) is 66.7 Å². The number of rotatable bonds is 6. The first-order valence-corrected chi connectivity index (χ1v) is 17.1. The second-order valence-corrected chi connectivity index (χ2v) is 19.0. The van der Waals surface area contributed by atoms with Gasteiger partial charge in [0.25, 0.3) is 8.32 Å². The molecule has 1 spiro atoms. The highest BCUT2D eigenvalue weighted by Gasteiger charge is 2.65. The molecule has 3 aliphatic rings. The first kappa shape index (κ1) is 31.7. The average molecular weight is 665 g/mol. The molecule has 43 heavy (non-hydrogen) atoms. The highest BCUT2D eigenvalue weighted by atomic mass is 35.6. The molecule has 0 aromatic heterocycles. The average Bonchev–Trinajstić information content (AvgIpc) is 3.42. The van der Waals surface area contributed by atoms with Crippen LogP contribution >= 0.6 is 34.8 Å². The number of nitrogens with zero attached hydrogens (tertiary/aromatic N) is 2. The predicted molar refractivity (Wildman–Crippen MR) is 172 cm³/mol. The van der Waals surface area contributed by atoms with Gasteiger partial charge in [-0.15, -0.1) is 0 Å². The number of guanidine groups is 1. The number of halogens is 3. The Hall–Kier alpha value is -2.76. The van der Waals surface area contributed by atoms with Crippen LogP contribution in [0.2, 0.25) is 5.04 Å². The molecular formula is C30H36Cl3N5O4Si. The Morgan fingerprint density at radius 1 is 1.12 bits per heavy atom. The minimum absolute atomic E-state index is 0.0459. The van der Waals surface area contributed by atoms with Crippen molar-refractivity contribution in [1.82, 2.24) is 20.9 Å². The number of ketones is 1. The van der Waals surface area contributed by atoms with Crippen molar-refractivity contribution < 1.29 is 18.8 Å². The summed E-state index contributed by atoms with van der Waals surface area (Å²) in [5.41, 5.74) is -1.23. The van der Waals surface area contributed by atoms with Crippen LogP contribution in [0.15, 0.2) is 78.1 Å². The van der Waals surface area contributed by atoms with E-state index in [1.165, 1.54) is 0 Å². The molecule has 3 heterocycles. The maximum atomic E-state index is 13.7. The third kappa shape index (κ3) is 5.75. The van der Waals surface area contributed by atoms with Crippen molar-refractivity contribution in [3.05, 3.63) is 73.1 Å². The number of hydrogen-bond donors (Lipinski definition) is 3. The number of amides is 1. The Labute approximate surface area is 268 Å². The van der Waals surface area contributed by atoms with Crippen molar-refractivity contribution in [3.63, 3.8) is 0 Å². The summed E-state index contributed by atoms with van der Waals surface area (Å²) >= 11 is 17.4. The van der Waals surface area contributed by atoms with Gasteiger partial charge < -0.3 is 24.7 Å². The molecule has 0 aliphatic carbocycles. The minimum atomic E-state index is -2.94. The van der Waals surface area contributed by atoms with Crippen LogP contribution in [-0.4, -0.2) is 71.8 Å². The fourth-order valence-electron chi connectivity index (χ4n) is 6.60. The SMILES string of the molecule is C=C1N[C@H]2[C@H](CO[Si](c3ccccc3)(c3ccccc3)C(C)(C)C)N=C(NC(=O)OCC(Cl)(Cl)Cl)N3[C@@H](C)CC(=O)C23N1. The Balaban J connectivity index is 1.57. The van der Waals surface area contributed by atoms with Crippen LogP contribution in [0.4, 0.5) is 4.79 Å². The summed E-state index contributed by atoms with van der Waals surface area (Å²) in [6.07, 6.45) is -0.619. The number of ether oxygens (including phenoxy) is 1. The summed E-state index contributed by atoms with van der Waals surface area (Å²) in [5, 5.41) is 11.3. The summed E-state index contributed by atoms with van der Waals surface area (Å²) in [5.74, 6) is 0.613. The zero-order valence-electron chi connectivity index (χ0n) is 24.5. The van der Waals surface area contributed by atoms with Crippen LogP contribution in [-0.2, 0) is 14.0 Å². The minimum Gasteiger partial charge on any atom is -0.445 e. The Kier molecular flexibility index (Phi) is 8.56. The van der Waals surface area contributed by atoms with Crippen LogP contribution in [0.5, 0.6) is 0 Å². The second kappa shape index (κ2) is 11.6. The largest absolute Gasteiger partial charge is 0.445 e. The van der Waals surface area contributed by atoms with Gasteiger partial charge in [-0.2, -0.15) is 0 Å². The Morgan fingerprint density at radius 3 is 2.23 bits per heavy atom. The number of alkyl halides is 3. The Bertz CT molecular complexity index is 1380. The van der Waals surface area contributed by atoms with E-state index >= 15 is 0 Å². The molecule has 9 nitrogen and oxygen atoms in total. The van der Waals surface area contributed by atoms with E-state index in [-0.39, 0.29) is 35.9 Å². The highest BCUT2D eigenvalue weighted by molar-refractivity contribution is 6.99. The van der Waals surface area contributed by atoms with E-state index < -0.39 is 42.6 Å². The highest BCUT2D eigenvalue weighted by Crippen LogP contribution is 2.42. The molecular weight excluding hydrogens is 629 g/mol. The number of carbonyl (C=O) groups is 2. The smallest absolute Gasteiger partial charge is 0.414 e. The lowest BCUT2D eigenvalue weighted by Crippen LogP contribution is -2.74. The molecule has 2 saturated heterocycles. The molecule has 0 radical (unpaired) electrons. The number of nitrogens with one attached hydrogen (secondary N) is 3. The van der Waals surface area contributed by atoms with Gasteiger partial charge in [0.2, 0.25) is 9.75 Å². The zero-order valence-corrected chi connectivity index (χ0v) is 27.8. The Morgan fingerprint density at radius 2 is 1.70 bits per heavy atom. The molecule has 5 rings (SSSR count). The van der Waals surface area contributed by atoms with Crippen molar-refractivity contribution in [2.75, 3.05) is 13.2 Å². The third-order valence-corrected chi connectivity index (χ3v) is 13.5. The van der Waals surface area contributed by atoms with Gasteiger partial charge in [-0.25, -0.2) is 9.79 Å². The number of alkyl carbamates (subject to hydrolysis) is 1. The van der Waals surface area contributed by atoms with E-state index in [0.29, 0.717) is 5.82 Å². The lowest BCUT2D eigenvalue weighted by Gasteiger charge is -2.48. The van der Waals surface area contributed by atoms with E-state index in [4.69, 9.17) is 49.0 Å². The normalized spacial score (nSPS) is 25.3. The van der Waals surface area contributed by atoms with E-state index in [2.05, 4.69) is 67.6 Å². The van der Waals surface area contributed by atoms with Gasteiger partial charge >= 0.3 is 6.09 Å². The van der Waals surface area contributed by atoms with Crippen molar-refractivity contribution in [3.8, 4) is 0 Å². The molecule has 2 aromatic rings. The number of benzene rings is 2. The topological polar surface area (TPSA) is 104 Å². The molecule has 1 unspecified atom stereocenters. The molecule has 2 aromatic carbocycles. The van der Waals surface area contributed by atoms with E-state index in [1.54, 1.807) is 4.90 Å². The van der Waals surface area contributed by atoms with Gasteiger partial charge in [0.15, 0.2) is 11.4 Å². The number of hydrogen-bond acceptors (Lipinski definition) is 8. The third-order valence-electron chi connectivity index (χ3n) is 8.22. The molecule has 3 N–H and O–H groups in total. The van der Waals surface area contributed by atoms with Gasteiger partial charge in [-0.05, 0) is 22.3 Å². The van der Waals surface area contributed by atoms with Gasteiger partial charge in [0, 0.05) is 12.5 Å². The summed E-state index contributed by atoms with van der Waals surface area (Å²) in [6, 6.07) is 19.2. The molecule has 2 fully saturated rings. The first-order chi connectivity index (χ1) is 20.2.